The Hall–Kier alpha value is -1.37. The fourth-order valence-electron chi connectivity index (χ4n) is 1.32. The van der Waals surface area contributed by atoms with Gasteiger partial charge in [-0.3, -0.25) is 0 Å². The summed E-state index contributed by atoms with van der Waals surface area (Å²) in [5.41, 5.74) is -0.391. The zero-order valence-electron chi connectivity index (χ0n) is 12.2. The van der Waals surface area contributed by atoms with Gasteiger partial charge >= 0.3 is 6.18 Å². The third kappa shape index (κ3) is 4.96. The zero-order valence-corrected chi connectivity index (χ0v) is 12.2. The number of halogens is 3. The largest absolute Gasteiger partial charge is 0.451 e. The van der Waals surface area contributed by atoms with Crippen LogP contribution in [0.5, 0.6) is 0 Å². The van der Waals surface area contributed by atoms with Crippen molar-refractivity contribution < 1.29 is 13.2 Å². The molecule has 2 N–H and O–H groups in total. The minimum Gasteiger partial charge on any atom is -0.368 e. The third-order valence-electron chi connectivity index (χ3n) is 2.83. The zero-order chi connectivity index (χ0) is 15.6. The monoisotopic (exact) mass is 290 g/mol. The average Bonchev–Trinajstić information content (AvgIpc) is 2.19. The molecular formula is C13H21F3N4. The van der Waals surface area contributed by atoms with Crippen LogP contribution in [0.15, 0.2) is 22.3 Å². The number of alkyl halides is 3. The van der Waals surface area contributed by atoms with E-state index in [1.807, 2.05) is 0 Å². The molecule has 1 fully saturated rings. The van der Waals surface area contributed by atoms with Crippen LogP contribution in [0.3, 0.4) is 0 Å². The summed E-state index contributed by atoms with van der Waals surface area (Å²) >= 11 is 0. The van der Waals surface area contributed by atoms with Gasteiger partial charge in [-0.05, 0) is 6.92 Å². The molecule has 0 bridgehead atoms. The van der Waals surface area contributed by atoms with Crippen molar-refractivity contribution in [1.29, 1.82) is 0 Å². The van der Waals surface area contributed by atoms with Gasteiger partial charge < -0.3 is 10.6 Å². The van der Waals surface area contributed by atoms with E-state index in [1.165, 1.54) is 6.92 Å². The van der Waals surface area contributed by atoms with Crippen LogP contribution in [-0.4, -0.2) is 37.0 Å². The molecule has 0 aliphatic carbocycles. The average molecular weight is 290 g/mol. The van der Waals surface area contributed by atoms with Crippen molar-refractivity contribution in [1.82, 2.24) is 10.6 Å². The molecule has 0 aromatic carbocycles. The van der Waals surface area contributed by atoms with E-state index in [9.17, 15) is 13.2 Å². The molecular weight excluding hydrogens is 269 g/mol. The molecule has 1 heterocycles. The second kappa shape index (κ2) is 5.95. The number of amidine groups is 2. The van der Waals surface area contributed by atoms with Gasteiger partial charge in [-0.1, -0.05) is 27.4 Å². The fraction of sp³-hybridized carbons (Fsp3) is 0.692. The topological polar surface area (TPSA) is 48.8 Å². The number of hydrogen-bond donors (Lipinski definition) is 2. The van der Waals surface area contributed by atoms with Crippen molar-refractivity contribution >= 4 is 11.7 Å². The van der Waals surface area contributed by atoms with Crippen LogP contribution in [0.1, 0.15) is 27.7 Å². The molecule has 0 atom stereocenters. The molecule has 0 aromatic rings. The van der Waals surface area contributed by atoms with E-state index >= 15 is 0 Å². The molecule has 0 amide bonds. The molecule has 1 saturated heterocycles. The van der Waals surface area contributed by atoms with Crippen LogP contribution in [0.4, 0.5) is 13.2 Å². The number of allylic oxidation sites excluding steroid dienone is 1. The van der Waals surface area contributed by atoms with Gasteiger partial charge in [0.05, 0.1) is 6.04 Å². The predicted octanol–water partition coefficient (Wildman–Crippen LogP) is 2.49. The molecule has 1 aliphatic rings. The molecule has 0 aromatic heterocycles. The van der Waals surface area contributed by atoms with Gasteiger partial charge in [0.25, 0.3) is 0 Å². The normalized spacial score (nSPS) is 18.8. The van der Waals surface area contributed by atoms with Crippen LogP contribution < -0.4 is 10.6 Å². The third-order valence-corrected chi connectivity index (χ3v) is 2.83. The van der Waals surface area contributed by atoms with Gasteiger partial charge in [0.1, 0.15) is 5.84 Å². The standard InChI is InChI=1S/C13H21F3N4/c1-8(12(3,4)5)18-11(13(14,15)16)20-9(2)19-10-6-17-7-10/h10,17H,1,6-7H2,2-5H3,(H,18,19,20). The number of nitrogens with one attached hydrogen (secondary N) is 2. The second-order valence-electron chi connectivity index (χ2n) is 5.83. The lowest BCUT2D eigenvalue weighted by molar-refractivity contribution is -0.0598. The van der Waals surface area contributed by atoms with Gasteiger partial charge in [-0.25, -0.2) is 9.98 Å². The SMILES string of the molecule is C=C(/N=C(\N=C(/C)NC1CNC1)C(F)(F)F)C(C)(C)C. The molecule has 0 spiro atoms. The van der Waals surface area contributed by atoms with Crippen LogP contribution in [-0.2, 0) is 0 Å². The lowest BCUT2D eigenvalue weighted by Gasteiger charge is -2.28. The molecule has 7 heteroatoms. The van der Waals surface area contributed by atoms with E-state index in [0.29, 0.717) is 0 Å². The second-order valence-corrected chi connectivity index (χ2v) is 5.83. The Morgan fingerprint density at radius 1 is 1.20 bits per heavy atom. The van der Waals surface area contributed by atoms with Gasteiger partial charge in [-0.15, -0.1) is 0 Å². The molecule has 0 saturated carbocycles. The summed E-state index contributed by atoms with van der Waals surface area (Å²) in [6.07, 6.45) is -4.60. The number of aliphatic imine (C=N–C) groups is 2. The van der Waals surface area contributed by atoms with E-state index < -0.39 is 17.4 Å². The number of nitrogens with zero attached hydrogens (tertiary/aromatic N) is 2. The Morgan fingerprint density at radius 3 is 2.10 bits per heavy atom. The Balaban J connectivity index is 2.92. The van der Waals surface area contributed by atoms with Crippen molar-refractivity contribution in [3.8, 4) is 0 Å². The minimum atomic E-state index is -4.60. The Labute approximate surface area is 117 Å². The Bertz CT molecular complexity index is 426. The summed E-state index contributed by atoms with van der Waals surface area (Å²) in [5, 5.41) is 5.93. The maximum absolute atomic E-state index is 12.9. The minimum absolute atomic E-state index is 0.124. The summed E-state index contributed by atoms with van der Waals surface area (Å²) in [6, 6.07) is 0.124. The predicted molar refractivity (Wildman–Crippen MR) is 75.0 cm³/mol. The summed E-state index contributed by atoms with van der Waals surface area (Å²) in [7, 11) is 0. The molecule has 1 aliphatic heterocycles. The van der Waals surface area contributed by atoms with Gasteiger partial charge in [0, 0.05) is 24.2 Å². The molecule has 20 heavy (non-hydrogen) atoms. The van der Waals surface area contributed by atoms with Crippen LogP contribution in [0, 0.1) is 5.41 Å². The molecule has 0 unspecified atom stereocenters. The highest BCUT2D eigenvalue weighted by atomic mass is 19.4. The van der Waals surface area contributed by atoms with Gasteiger partial charge in [0.2, 0.25) is 5.84 Å². The highest BCUT2D eigenvalue weighted by molar-refractivity contribution is 5.99. The Morgan fingerprint density at radius 2 is 1.75 bits per heavy atom. The summed E-state index contributed by atoms with van der Waals surface area (Å²) in [6.45, 7) is 11.8. The first-order chi connectivity index (χ1) is 9.00. The molecule has 114 valence electrons. The Kier molecular flexibility index (Phi) is 4.96. The van der Waals surface area contributed by atoms with Crippen molar-refractivity contribution in [3.05, 3.63) is 12.3 Å². The van der Waals surface area contributed by atoms with Crippen molar-refractivity contribution in [2.24, 2.45) is 15.4 Å². The molecule has 4 nitrogen and oxygen atoms in total. The summed E-state index contributed by atoms with van der Waals surface area (Å²) < 4.78 is 38.8. The maximum Gasteiger partial charge on any atom is 0.451 e. The first-order valence-electron chi connectivity index (χ1n) is 6.38. The summed E-state index contributed by atoms with van der Waals surface area (Å²) in [4.78, 5) is 7.13. The fourth-order valence-corrected chi connectivity index (χ4v) is 1.32. The van der Waals surface area contributed by atoms with Crippen LogP contribution in [0.2, 0.25) is 0 Å². The van der Waals surface area contributed by atoms with E-state index in [-0.39, 0.29) is 17.6 Å². The van der Waals surface area contributed by atoms with Crippen LogP contribution in [0.25, 0.3) is 0 Å². The van der Waals surface area contributed by atoms with Crippen molar-refractivity contribution in [2.75, 3.05) is 13.1 Å². The molecule has 0 radical (unpaired) electrons. The molecule has 1 rings (SSSR count). The summed E-state index contributed by atoms with van der Waals surface area (Å²) in [5.74, 6) is -0.969. The van der Waals surface area contributed by atoms with E-state index in [4.69, 9.17) is 0 Å². The van der Waals surface area contributed by atoms with Gasteiger partial charge in [-0.2, -0.15) is 13.2 Å². The quantitative estimate of drug-likeness (QED) is 0.606. The van der Waals surface area contributed by atoms with Crippen molar-refractivity contribution in [3.63, 3.8) is 0 Å². The lowest BCUT2D eigenvalue weighted by atomic mass is 9.93. The highest BCUT2D eigenvalue weighted by Gasteiger charge is 2.37. The number of rotatable bonds is 2. The van der Waals surface area contributed by atoms with Crippen LogP contribution >= 0.6 is 0 Å². The smallest absolute Gasteiger partial charge is 0.368 e. The highest BCUT2D eigenvalue weighted by Crippen LogP contribution is 2.27. The van der Waals surface area contributed by atoms with Gasteiger partial charge in [0.15, 0.2) is 0 Å². The first-order valence-corrected chi connectivity index (χ1v) is 6.38. The number of hydrogen-bond acceptors (Lipinski definition) is 2. The van der Waals surface area contributed by atoms with E-state index in [0.717, 1.165) is 13.1 Å². The first kappa shape index (κ1) is 16.7. The lowest BCUT2D eigenvalue weighted by Crippen LogP contribution is -2.56. The maximum atomic E-state index is 12.9. The van der Waals surface area contributed by atoms with E-state index in [1.54, 1.807) is 20.8 Å². The van der Waals surface area contributed by atoms with Crippen molar-refractivity contribution in [2.45, 2.75) is 39.9 Å². The van der Waals surface area contributed by atoms with E-state index in [2.05, 4.69) is 27.2 Å².